The minimum atomic E-state index is -0.152. The van der Waals surface area contributed by atoms with Gasteiger partial charge in [0, 0.05) is 11.3 Å². The molecule has 0 unspecified atom stereocenters. The van der Waals surface area contributed by atoms with Crippen LogP contribution < -0.4 is 0 Å². The van der Waals surface area contributed by atoms with E-state index in [9.17, 15) is 4.79 Å². The second-order valence-corrected chi connectivity index (χ2v) is 5.54. The lowest BCUT2D eigenvalue weighted by Crippen LogP contribution is -2.06. The van der Waals surface area contributed by atoms with Crippen LogP contribution in [0.1, 0.15) is 21.6 Å². The molecular formula is C19H14N4O. The van der Waals surface area contributed by atoms with Crippen molar-refractivity contribution in [3.05, 3.63) is 84.1 Å². The molecule has 0 spiro atoms. The van der Waals surface area contributed by atoms with Gasteiger partial charge in [0.2, 0.25) is 5.78 Å². The number of aromatic nitrogens is 4. The van der Waals surface area contributed by atoms with Crippen LogP contribution in [0.4, 0.5) is 0 Å². The van der Waals surface area contributed by atoms with Crippen LogP contribution in [0.15, 0.2) is 67.3 Å². The van der Waals surface area contributed by atoms with E-state index in [1.54, 1.807) is 18.5 Å². The van der Waals surface area contributed by atoms with Crippen molar-refractivity contribution in [3.63, 3.8) is 0 Å². The summed E-state index contributed by atoms with van der Waals surface area (Å²) in [5, 5.41) is 0. The summed E-state index contributed by atoms with van der Waals surface area (Å²) < 4.78 is 1.85. The number of carbonyl (C=O) groups is 1. The van der Waals surface area contributed by atoms with E-state index in [-0.39, 0.29) is 5.78 Å². The molecule has 5 heteroatoms. The first-order valence-electron chi connectivity index (χ1n) is 7.59. The second kappa shape index (κ2) is 5.70. The number of rotatable bonds is 3. The smallest absolute Gasteiger partial charge is 0.213 e. The highest BCUT2D eigenvalue weighted by Crippen LogP contribution is 2.20. The minimum absolute atomic E-state index is 0.152. The molecule has 2 aromatic heterocycles. The van der Waals surface area contributed by atoms with Gasteiger partial charge in [-0.3, -0.25) is 9.36 Å². The van der Waals surface area contributed by atoms with Crippen LogP contribution in [0.3, 0.4) is 0 Å². The molecule has 0 amide bonds. The van der Waals surface area contributed by atoms with E-state index in [0.717, 1.165) is 11.3 Å². The van der Waals surface area contributed by atoms with E-state index in [1.807, 2.05) is 54.0 Å². The zero-order valence-corrected chi connectivity index (χ0v) is 13.0. The van der Waals surface area contributed by atoms with E-state index in [2.05, 4.69) is 15.0 Å². The van der Waals surface area contributed by atoms with Crippen LogP contribution in [0.25, 0.3) is 16.9 Å². The summed E-state index contributed by atoms with van der Waals surface area (Å²) in [6.07, 6.45) is 3.07. The van der Waals surface area contributed by atoms with Crippen molar-refractivity contribution in [1.82, 2.24) is 19.5 Å². The van der Waals surface area contributed by atoms with Crippen molar-refractivity contribution in [2.45, 2.75) is 6.92 Å². The van der Waals surface area contributed by atoms with E-state index < -0.39 is 0 Å². The number of para-hydroxylation sites is 1. The molecule has 5 nitrogen and oxygen atoms in total. The summed E-state index contributed by atoms with van der Waals surface area (Å²) in [4.78, 5) is 25.6. The molecular weight excluding hydrogens is 300 g/mol. The predicted molar refractivity (Wildman–Crippen MR) is 91.3 cm³/mol. The lowest BCUT2D eigenvalue weighted by atomic mass is 10.1. The van der Waals surface area contributed by atoms with Crippen molar-refractivity contribution in [3.8, 4) is 5.69 Å². The Morgan fingerprint density at radius 1 is 0.917 bits per heavy atom. The molecule has 0 radical (unpaired) electrons. The number of ketones is 1. The van der Waals surface area contributed by atoms with Crippen molar-refractivity contribution in [1.29, 1.82) is 0 Å². The third-order valence-corrected chi connectivity index (χ3v) is 3.90. The molecule has 0 aliphatic rings. The Morgan fingerprint density at radius 2 is 1.67 bits per heavy atom. The monoisotopic (exact) mass is 314 g/mol. The largest absolute Gasteiger partial charge is 0.287 e. The maximum absolute atomic E-state index is 12.8. The summed E-state index contributed by atoms with van der Waals surface area (Å²) in [7, 11) is 0. The Morgan fingerprint density at radius 3 is 2.42 bits per heavy atom. The van der Waals surface area contributed by atoms with Crippen LogP contribution in [0.2, 0.25) is 0 Å². The van der Waals surface area contributed by atoms with Gasteiger partial charge in [-0.05, 0) is 19.1 Å². The number of aryl methyl sites for hydroxylation is 1. The van der Waals surface area contributed by atoms with E-state index in [0.29, 0.717) is 22.4 Å². The number of hydrogen-bond acceptors (Lipinski definition) is 4. The number of hydrogen-bond donors (Lipinski definition) is 0. The standard InChI is InChI=1S/C19H14N4O/c1-13-7-9-14(10-8-13)18(24)16-17-19(21-11-20-16)23(12-22-17)15-5-3-2-4-6-15/h2-12H,1H3. The summed E-state index contributed by atoms with van der Waals surface area (Å²) in [6, 6.07) is 17.2. The average molecular weight is 314 g/mol. The summed E-state index contributed by atoms with van der Waals surface area (Å²) in [5.74, 6) is -0.152. The number of benzene rings is 2. The quantitative estimate of drug-likeness (QED) is 0.544. The Labute approximate surface area is 138 Å². The fourth-order valence-electron chi connectivity index (χ4n) is 2.62. The van der Waals surface area contributed by atoms with Gasteiger partial charge in [0.1, 0.15) is 23.9 Å². The van der Waals surface area contributed by atoms with Gasteiger partial charge in [-0.25, -0.2) is 15.0 Å². The van der Waals surface area contributed by atoms with E-state index in [1.165, 1.54) is 6.33 Å². The molecule has 116 valence electrons. The molecule has 0 N–H and O–H groups in total. The zero-order chi connectivity index (χ0) is 16.5. The van der Waals surface area contributed by atoms with Gasteiger partial charge in [-0.15, -0.1) is 0 Å². The van der Waals surface area contributed by atoms with Gasteiger partial charge in [-0.1, -0.05) is 48.0 Å². The molecule has 2 heterocycles. The van der Waals surface area contributed by atoms with Gasteiger partial charge in [0.15, 0.2) is 5.65 Å². The maximum atomic E-state index is 12.8. The van der Waals surface area contributed by atoms with Crippen LogP contribution in [-0.4, -0.2) is 25.3 Å². The molecule has 4 rings (SSSR count). The molecule has 0 atom stereocenters. The van der Waals surface area contributed by atoms with Gasteiger partial charge >= 0.3 is 0 Å². The first kappa shape index (κ1) is 14.3. The van der Waals surface area contributed by atoms with Gasteiger partial charge in [0.25, 0.3) is 0 Å². The van der Waals surface area contributed by atoms with Crippen LogP contribution >= 0.6 is 0 Å². The summed E-state index contributed by atoms with van der Waals surface area (Å²) >= 11 is 0. The highest BCUT2D eigenvalue weighted by Gasteiger charge is 2.18. The molecule has 0 bridgehead atoms. The third kappa shape index (κ3) is 2.36. The summed E-state index contributed by atoms with van der Waals surface area (Å²) in [6.45, 7) is 1.98. The SMILES string of the molecule is Cc1ccc(C(=O)c2ncnc3c2ncn3-c2ccccc2)cc1. The topological polar surface area (TPSA) is 60.7 Å². The number of nitrogens with zero attached hydrogens (tertiary/aromatic N) is 4. The minimum Gasteiger partial charge on any atom is -0.287 e. The number of carbonyl (C=O) groups excluding carboxylic acids is 1. The molecule has 0 saturated heterocycles. The average Bonchev–Trinajstić information content (AvgIpc) is 3.06. The molecule has 2 aromatic carbocycles. The van der Waals surface area contributed by atoms with Crippen LogP contribution in [0, 0.1) is 6.92 Å². The molecule has 0 aliphatic heterocycles. The Bertz CT molecular complexity index is 1020. The van der Waals surface area contributed by atoms with Crippen molar-refractivity contribution < 1.29 is 4.79 Å². The third-order valence-electron chi connectivity index (χ3n) is 3.90. The lowest BCUT2D eigenvalue weighted by molar-refractivity contribution is 0.103. The zero-order valence-electron chi connectivity index (χ0n) is 13.0. The fraction of sp³-hybridized carbons (Fsp3) is 0.0526. The van der Waals surface area contributed by atoms with Crippen LogP contribution in [-0.2, 0) is 0 Å². The Kier molecular flexibility index (Phi) is 3.39. The molecule has 4 aromatic rings. The Balaban J connectivity index is 1.84. The maximum Gasteiger partial charge on any atom is 0.213 e. The van der Waals surface area contributed by atoms with Gasteiger partial charge in [-0.2, -0.15) is 0 Å². The fourth-order valence-corrected chi connectivity index (χ4v) is 2.62. The van der Waals surface area contributed by atoms with E-state index in [4.69, 9.17) is 0 Å². The number of fused-ring (bicyclic) bond motifs is 1. The molecule has 0 aliphatic carbocycles. The van der Waals surface area contributed by atoms with Crippen molar-refractivity contribution >= 4 is 16.9 Å². The van der Waals surface area contributed by atoms with Crippen molar-refractivity contribution in [2.24, 2.45) is 0 Å². The highest BCUT2D eigenvalue weighted by molar-refractivity contribution is 6.13. The normalized spacial score (nSPS) is 10.9. The van der Waals surface area contributed by atoms with Crippen molar-refractivity contribution in [2.75, 3.05) is 0 Å². The molecule has 0 fully saturated rings. The Hall–Kier alpha value is -3.34. The van der Waals surface area contributed by atoms with Gasteiger partial charge < -0.3 is 0 Å². The highest BCUT2D eigenvalue weighted by atomic mass is 16.1. The predicted octanol–water partition coefficient (Wildman–Crippen LogP) is 3.35. The van der Waals surface area contributed by atoms with E-state index >= 15 is 0 Å². The second-order valence-electron chi connectivity index (χ2n) is 5.54. The van der Waals surface area contributed by atoms with Gasteiger partial charge in [0.05, 0.1) is 0 Å². The lowest BCUT2D eigenvalue weighted by Gasteiger charge is -2.04. The first-order chi connectivity index (χ1) is 11.7. The van der Waals surface area contributed by atoms with Crippen LogP contribution in [0.5, 0.6) is 0 Å². The molecule has 0 saturated carbocycles. The molecule has 24 heavy (non-hydrogen) atoms. The summed E-state index contributed by atoms with van der Waals surface area (Å²) in [5.41, 5.74) is 4.08. The first-order valence-corrected chi connectivity index (χ1v) is 7.59. The number of imidazole rings is 1.